The molecule has 146 valence electrons. The highest BCUT2D eigenvalue weighted by atomic mass is 19.1. The zero-order chi connectivity index (χ0) is 19.6. The van der Waals surface area contributed by atoms with Crippen LogP contribution < -0.4 is 4.74 Å². The summed E-state index contributed by atoms with van der Waals surface area (Å²) in [4.78, 5) is 4.00. The first kappa shape index (κ1) is 19.7. The molecule has 2 aromatic rings. The minimum Gasteiger partial charge on any atom is -0.492 e. The van der Waals surface area contributed by atoms with Crippen molar-refractivity contribution in [2.75, 3.05) is 33.8 Å². The number of fused-ring (bicyclic) bond motifs is 1. The van der Waals surface area contributed by atoms with Gasteiger partial charge in [0, 0.05) is 43.4 Å². The largest absolute Gasteiger partial charge is 0.492 e. The fraction of sp³-hybridized carbons (Fsp3) is 0.429. The van der Waals surface area contributed by atoms with Crippen LogP contribution in [0.2, 0.25) is 0 Å². The molecule has 1 aliphatic heterocycles. The summed E-state index contributed by atoms with van der Waals surface area (Å²) in [6.45, 7) is 4.35. The number of halogens is 2. The quantitative estimate of drug-likeness (QED) is 0.870. The SMILES string of the molecule is CN(C)CC(C)(O)c1ccc2c(c1)CN(Cc1ccc(F)cc1F)CCO2. The van der Waals surface area contributed by atoms with E-state index in [-0.39, 0.29) is 0 Å². The number of likely N-dealkylation sites (N-methyl/N-ethyl adjacent to an activating group) is 1. The lowest BCUT2D eigenvalue weighted by atomic mass is 9.93. The smallest absolute Gasteiger partial charge is 0.130 e. The topological polar surface area (TPSA) is 35.9 Å². The molecule has 0 bridgehead atoms. The Balaban J connectivity index is 1.82. The standard InChI is InChI=1S/C21H26F2N2O2/c1-21(26,14-24(2)3)17-5-7-20-16(10-17)13-25(8-9-27-20)12-15-4-6-18(22)11-19(15)23/h4-7,10-11,26H,8-9,12-14H2,1-3H3. The van der Waals surface area contributed by atoms with Gasteiger partial charge in [-0.2, -0.15) is 0 Å². The van der Waals surface area contributed by atoms with Crippen LogP contribution in [0.25, 0.3) is 0 Å². The van der Waals surface area contributed by atoms with Gasteiger partial charge >= 0.3 is 0 Å². The number of nitrogens with zero attached hydrogens (tertiary/aromatic N) is 2. The molecule has 1 N–H and O–H groups in total. The van der Waals surface area contributed by atoms with Crippen molar-refractivity contribution < 1.29 is 18.6 Å². The van der Waals surface area contributed by atoms with Crippen molar-refractivity contribution in [1.82, 2.24) is 9.80 Å². The molecule has 0 amide bonds. The minimum atomic E-state index is -0.987. The van der Waals surface area contributed by atoms with Crippen molar-refractivity contribution in [3.63, 3.8) is 0 Å². The van der Waals surface area contributed by atoms with E-state index in [4.69, 9.17) is 4.74 Å². The molecule has 0 saturated heterocycles. The maximum absolute atomic E-state index is 14.0. The normalized spacial score (nSPS) is 17.1. The highest BCUT2D eigenvalue weighted by molar-refractivity contribution is 5.40. The number of hydrogen-bond acceptors (Lipinski definition) is 4. The Morgan fingerprint density at radius 2 is 1.96 bits per heavy atom. The van der Waals surface area contributed by atoms with Gasteiger partial charge in [0.25, 0.3) is 0 Å². The van der Waals surface area contributed by atoms with Crippen LogP contribution in [0.1, 0.15) is 23.6 Å². The van der Waals surface area contributed by atoms with Gasteiger partial charge in [0.15, 0.2) is 0 Å². The molecule has 1 aliphatic rings. The maximum atomic E-state index is 14.0. The van der Waals surface area contributed by atoms with Crippen molar-refractivity contribution in [3.8, 4) is 5.75 Å². The van der Waals surface area contributed by atoms with E-state index in [1.807, 2.05) is 37.2 Å². The zero-order valence-electron chi connectivity index (χ0n) is 16.0. The Hall–Kier alpha value is -2.02. The van der Waals surface area contributed by atoms with Crippen LogP contribution in [-0.4, -0.2) is 48.7 Å². The van der Waals surface area contributed by atoms with Gasteiger partial charge in [-0.25, -0.2) is 8.78 Å². The van der Waals surface area contributed by atoms with Crippen LogP contribution in [0.4, 0.5) is 8.78 Å². The molecule has 27 heavy (non-hydrogen) atoms. The van der Waals surface area contributed by atoms with E-state index < -0.39 is 17.2 Å². The fourth-order valence-corrected chi connectivity index (χ4v) is 3.52. The predicted octanol–water partition coefficient (Wildman–Crippen LogP) is 3.13. The fourth-order valence-electron chi connectivity index (χ4n) is 3.52. The molecule has 1 unspecified atom stereocenters. The lowest BCUT2D eigenvalue weighted by molar-refractivity contribution is 0.0299. The average molecular weight is 376 g/mol. The van der Waals surface area contributed by atoms with Crippen molar-refractivity contribution in [1.29, 1.82) is 0 Å². The molecular formula is C21H26F2N2O2. The summed E-state index contributed by atoms with van der Waals surface area (Å²) in [5.41, 5.74) is 1.23. The molecule has 2 aromatic carbocycles. The van der Waals surface area contributed by atoms with Crippen molar-refractivity contribution in [2.45, 2.75) is 25.6 Å². The van der Waals surface area contributed by atoms with Crippen LogP contribution in [0, 0.1) is 11.6 Å². The third-order valence-corrected chi connectivity index (χ3v) is 4.77. The van der Waals surface area contributed by atoms with Crippen LogP contribution in [0.5, 0.6) is 5.75 Å². The van der Waals surface area contributed by atoms with E-state index >= 15 is 0 Å². The predicted molar refractivity (Wildman–Crippen MR) is 101 cm³/mol. The average Bonchev–Trinajstić information content (AvgIpc) is 2.77. The van der Waals surface area contributed by atoms with Crippen LogP contribution in [0.3, 0.4) is 0 Å². The second-order valence-corrected chi connectivity index (χ2v) is 7.63. The van der Waals surface area contributed by atoms with Gasteiger partial charge < -0.3 is 14.7 Å². The van der Waals surface area contributed by atoms with Gasteiger partial charge in [-0.15, -0.1) is 0 Å². The van der Waals surface area contributed by atoms with E-state index in [0.29, 0.717) is 38.3 Å². The number of ether oxygens (including phenoxy) is 1. The molecule has 0 fully saturated rings. The monoisotopic (exact) mass is 376 g/mol. The Kier molecular flexibility index (Phi) is 5.79. The molecule has 3 rings (SSSR count). The second-order valence-electron chi connectivity index (χ2n) is 7.63. The summed E-state index contributed by atoms with van der Waals surface area (Å²) in [7, 11) is 3.83. The van der Waals surface area contributed by atoms with E-state index in [1.165, 1.54) is 12.1 Å². The summed E-state index contributed by atoms with van der Waals surface area (Å²) >= 11 is 0. The summed E-state index contributed by atoms with van der Waals surface area (Å²) in [6.07, 6.45) is 0. The number of hydrogen-bond donors (Lipinski definition) is 1. The Morgan fingerprint density at radius 1 is 1.19 bits per heavy atom. The number of aliphatic hydroxyl groups is 1. The first-order chi connectivity index (χ1) is 12.7. The third-order valence-electron chi connectivity index (χ3n) is 4.77. The maximum Gasteiger partial charge on any atom is 0.130 e. The molecule has 0 saturated carbocycles. The number of benzene rings is 2. The van der Waals surface area contributed by atoms with Gasteiger partial charge in [0.05, 0.1) is 5.60 Å². The number of rotatable bonds is 5. The van der Waals surface area contributed by atoms with E-state index in [2.05, 4.69) is 4.90 Å². The van der Waals surface area contributed by atoms with Gasteiger partial charge in [0.2, 0.25) is 0 Å². The lowest BCUT2D eigenvalue weighted by Gasteiger charge is -2.28. The van der Waals surface area contributed by atoms with Crippen LogP contribution in [-0.2, 0) is 18.7 Å². The summed E-state index contributed by atoms with van der Waals surface area (Å²) in [5.74, 6) is -0.335. The van der Waals surface area contributed by atoms with E-state index in [0.717, 1.165) is 22.9 Å². The van der Waals surface area contributed by atoms with Crippen molar-refractivity contribution in [3.05, 3.63) is 64.7 Å². The summed E-state index contributed by atoms with van der Waals surface area (Å²) < 4.78 is 33.0. The van der Waals surface area contributed by atoms with Gasteiger partial charge in [-0.3, -0.25) is 4.90 Å². The molecule has 1 heterocycles. The molecule has 1 atom stereocenters. The Morgan fingerprint density at radius 3 is 2.67 bits per heavy atom. The summed E-state index contributed by atoms with van der Waals surface area (Å²) in [5, 5.41) is 10.8. The Labute approximate surface area is 159 Å². The highest BCUT2D eigenvalue weighted by Crippen LogP contribution is 2.30. The highest BCUT2D eigenvalue weighted by Gasteiger charge is 2.26. The summed E-state index contributed by atoms with van der Waals surface area (Å²) in [6, 6.07) is 9.40. The first-order valence-corrected chi connectivity index (χ1v) is 9.04. The molecule has 6 heteroatoms. The molecule has 0 aliphatic carbocycles. The third kappa shape index (κ3) is 4.83. The molecule has 0 radical (unpaired) electrons. The van der Waals surface area contributed by atoms with Gasteiger partial charge in [-0.05, 0) is 44.8 Å². The Bertz CT molecular complexity index is 809. The van der Waals surface area contributed by atoms with Crippen molar-refractivity contribution >= 4 is 0 Å². The molecular weight excluding hydrogens is 350 g/mol. The second kappa shape index (κ2) is 7.92. The molecule has 0 spiro atoms. The van der Waals surface area contributed by atoms with E-state index in [1.54, 1.807) is 6.92 Å². The first-order valence-electron chi connectivity index (χ1n) is 9.04. The molecule has 4 nitrogen and oxygen atoms in total. The lowest BCUT2D eigenvalue weighted by Crippen LogP contribution is -2.34. The van der Waals surface area contributed by atoms with Crippen LogP contribution >= 0.6 is 0 Å². The van der Waals surface area contributed by atoms with Crippen molar-refractivity contribution in [2.24, 2.45) is 0 Å². The minimum absolute atomic E-state index is 0.368. The van der Waals surface area contributed by atoms with E-state index in [9.17, 15) is 13.9 Å². The van der Waals surface area contributed by atoms with Crippen LogP contribution in [0.15, 0.2) is 36.4 Å². The molecule has 0 aromatic heterocycles. The zero-order valence-corrected chi connectivity index (χ0v) is 16.0. The van der Waals surface area contributed by atoms with Gasteiger partial charge in [-0.1, -0.05) is 12.1 Å². The van der Waals surface area contributed by atoms with Gasteiger partial charge in [0.1, 0.15) is 24.0 Å².